The van der Waals surface area contributed by atoms with E-state index in [1.54, 1.807) is 0 Å². The lowest BCUT2D eigenvalue weighted by Gasteiger charge is -2.33. The first kappa shape index (κ1) is 13.1. The molecule has 0 bridgehead atoms. The Morgan fingerprint density at radius 3 is 2.94 bits per heavy atom. The Labute approximate surface area is 109 Å². The predicted molar refractivity (Wildman–Crippen MR) is 71.6 cm³/mol. The fourth-order valence-electron chi connectivity index (χ4n) is 2.51. The molecule has 0 heterocycles. The standard InChI is InChI=1S/C15H21NO2/c1-3-18-15(17)8-9-16(2)11-13-10-12-6-4-5-7-14(12)13/h4-7,13H,3,8-11H2,1-2H3. The van der Waals surface area contributed by atoms with E-state index >= 15 is 0 Å². The van der Waals surface area contributed by atoms with Gasteiger partial charge in [0, 0.05) is 19.0 Å². The average molecular weight is 247 g/mol. The predicted octanol–water partition coefficient (Wildman–Crippen LogP) is 2.21. The van der Waals surface area contributed by atoms with Gasteiger partial charge in [0.05, 0.1) is 13.0 Å². The summed E-state index contributed by atoms with van der Waals surface area (Å²) >= 11 is 0. The zero-order chi connectivity index (χ0) is 13.0. The number of hydrogen-bond donors (Lipinski definition) is 0. The molecule has 2 rings (SSSR count). The van der Waals surface area contributed by atoms with Gasteiger partial charge >= 0.3 is 5.97 Å². The molecule has 1 atom stereocenters. The second kappa shape index (κ2) is 6.01. The van der Waals surface area contributed by atoms with E-state index in [0.29, 0.717) is 18.9 Å². The highest BCUT2D eigenvalue weighted by Crippen LogP contribution is 2.34. The van der Waals surface area contributed by atoms with Gasteiger partial charge < -0.3 is 9.64 Å². The maximum Gasteiger partial charge on any atom is 0.307 e. The number of benzene rings is 1. The van der Waals surface area contributed by atoms with Gasteiger partial charge in [0.15, 0.2) is 0 Å². The Hall–Kier alpha value is -1.35. The topological polar surface area (TPSA) is 29.5 Å². The molecule has 0 aliphatic heterocycles. The van der Waals surface area contributed by atoms with Crippen molar-refractivity contribution in [2.75, 3.05) is 26.7 Å². The Morgan fingerprint density at radius 1 is 1.44 bits per heavy atom. The number of hydrogen-bond acceptors (Lipinski definition) is 3. The molecule has 0 spiro atoms. The zero-order valence-corrected chi connectivity index (χ0v) is 11.2. The van der Waals surface area contributed by atoms with Gasteiger partial charge in [-0.25, -0.2) is 0 Å². The minimum Gasteiger partial charge on any atom is -0.466 e. The first-order chi connectivity index (χ1) is 8.70. The van der Waals surface area contributed by atoms with Crippen LogP contribution >= 0.6 is 0 Å². The summed E-state index contributed by atoms with van der Waals surface area (Å²) in [6.07, 6.45) is 1.65. The third kappa shape index (κ3) is 3.10. The molecule has 0 fully saturated rings. The second-order valence-corrected chi connectivity index (χ2v) is 4.92. The third-order valence-corrected chi connectivity index (χ3v) is 3.50. The zero-order valence-electron chi connectivity index (χ0n) is 11.2. The molecule has 0 N–H and O–H groups in total. The highest BCUT2D eigenvalue weighted by Gasteiger charge is 2.26. The van der Waals surface area contributed by atoms with Crippen LogP contribution in [0.15, 0.2) is 24.3 Å². The fraction of sp³-hybridized carbons (Fsp3) is 0.533. The number of nitrogens with zero attached hydrogens (tertiary/aromatic N) is 1. The van der Waals surface area contributed by atoms with E-state index in [1.807, 2.05) is 6.92 Å². The van der Waals surface area contributed by atoms with Gasteiger partial charge in [0.25, 0.3) is 0 Å². The maximum atomic E-state index is 11.3. The van der Waals surface area contributed by atoms with Crippen LogP contribution in [0.5, 0.6) is 0 Å². The van der Waals surface area contributed by atoms with E-state index in [1.165, 1.54) is 17.5 Å². The number of likely N-dealkylation sites (N-methyl/N-ethyl adjacent to an activating group) is 1. The second-order valence-electron chi connectivity index (χ2n) is 4.92. The summed E-state index contributed by atoms with van der Waals surface area (Å²) in [6, 6.07) is 8.61. The van der Waals surface area contributed by atoms with Crippen LogP contribution in [-0.4, -0.2) is 37.6 Å². The van der Waals surface area contributed by atoms with Gasteiger partial charge in [0.1, 0.15) is 0 Å². The molecule has 1 unspecified atom stereocenters. The van der Waals surface area contributed by atoms with E-state index < -0.39 is 0 Å². The summed E-state index contributed by atoms with van der Waals surface area (Å²) in [5.41, 5.74) is 2.95. The Kier molecular flexibility index (Phi) is 4.37. The van der Waals surface area contributed by atoms with Gasteiger partial charge in [-0.05, 0) is 31.5 Å². The molecule has 0 radical (unpaired) electrons. The molecule has 3 nitrogen and oxygen atoms in total. The van der Waals surface area contributed by atoms with Crippen molar-refractivity contribution in [1.29, 1.82) is 0 Å². The van der Waals surface area contributed by atoms with Crippen LogP contribution in [0.1, 0.15) is 30.4 Å². The lowest BCUT2D eigenvalue weighted by Crippen LogP contribution is -2.32. The average Bonchev–Trinajstić information content (AvgIpc) is 2.34. The van der Waals surface area contributed by atoms with Crippen LogP contribution in [0.2, 0.25) is 0 Å². The molecule has 98 valence electrons. The first-order valence-corrected chi connectivity index (χ1v) is 6.62. The van der Waals surface area contributed by atoms with Crippen molar-refractivity contribution in [2.45, 2.75) is 25.7 Å². The largest absolute Gasteiger partial charge is 0.466 e. The fourth-order valence-corrected chi connectivity index (χ4v) is 2.51. The van der Waals surface area contributed by atoms with Crippen molar-refractivity contribution in [3.8, 4) is 0 Å². The van der Waals surface area contributed by atoms with Crippen molar-refractivity contribution in [3.63, 3.8) is 0 Å². The van der Waals surface area contributed by atoms with Gasteiger partial charge in [-0.2, -0.15) is 0 Å². The Morgan fingerprint density at radius 2 is 2.22 bits per heavy atom. The molecular weight excluding hydrogens is 226 g/mol. The molecule has 18 heavy (non-hydrogen) atoms. The number of carbonyl (C=O) groups excluding carboxylic acids is 1. The van der Waals surface area contributed by atoms with Crippen LogP contribution in [0.4, 0.5) is 0 Å². The summed E-state index contributed by atoms with van der Waals surface area (Å²) in [6.45, 7) is 4.11. The Bertz CT molecular complexity index is 417. The van der Waals surface area contributed by atoms with Crippen molar-refractivity contribution in [3.05, 3.63) is 35.4 Å². The molecule has 3 heteroatoms. The number of rotatable bonds is 6. The van der Waals surface area contributed by atoms with E-state index in [0.717, 1.165) is 13.1 Å². The highest BCUT2D eigenvalue weighted by atomic mass is 16.5. The van der Waals surface area contributed by atoms with E-state index in [4.69, 9.17) is 4.74 Å². The Balaban J connectivity index is 1.73. The molecule has 0 aromatic heterocycles. The smallest absolute Gasteiger partial charge is 0.307 e. The van der Waals surface area contributed by atoms with Gasteiger partial charge in [-0.1, -0.05) is 24.3 Å². The van der Waals surface area contributed by atoms with Crippen molar-refractivity contribution in [1.82, 2.24) is 4.90 Å². The number of carbonyl (C=O) groups is 1. The molecule has 0 amide bonds. The summed E-state index contributed by atoms with van der Waals surface area (Å²) in [5, 5.41) is 0. The highest BCUT2D eigenvalue weighted by molar-refractivity contribution is 5.69. The lowest BCUT2D eigenvalue weighted by atomic mass is 9.77. The molecule has 1 aliphatic carbocycles. The lowest BCUT2D eigenvalue weighted by molar-refractivity contribution is -0.143. The molecule has 1 aliphatic rings. The first-order valence-electron chi connectivity index (χ1n) is 6.62. The van der Waals surface area contributed by atoms with Crippen molar-refractivity contribution < 1.29 is 9.53 Å². The van der Waals surface area contributed by atoms with Crippen LogP contribution in [0.25, 0.3) is 0 Å². The molecule has 1 aromatic rings. The molecule has 0 saturated heterocycles. The minimum atomic E-state index is -0.0987. The van der Waals surface area contributed by atoms with Crippen molar-refractivity contribution in [2.24, 2.45) is 0 Å². The maximum absolute atomic E-state index is 11.3. The SMILES string of the molecule is CCOC(=O)CCN(C)CC1Cc2ccccc21. The van der Waals surface area contributed by atoms with E-state index in [9.17, 15) is 4.79 Å². The van der Waals surface area contributed by atoms with Crippen LogP contribution in [-0.2, 0) is 16.0 Å². The summed E-state index contributed by atoms with van der Waals surface area (Å²) in [4.78, 5) is 13.5. The molecular formula is C15H21NO2. The summed E-state index contributed by atoms with van der Waals surface area (Å²) in [7, 11) is 2.07. The van der Waals surface area contributed by atoms with E-state index in [-0.39, 0.29) is 5.97 Å². The van der Waals surface area contributed by atoms with E-state index in [2.05, 4.69) is 36.2 Å². The quantitative estimate of drug-likeness (QED) is 0.722. The van der Waals surface area contributed by atoms with Crippen LogP contribution in [0.3, 0.4) is 0 Å². The van der Waals surface area contributed by atoms with Gasteiger partial charge in [-0.3, -0.25) is 4.79 Å². The van der Waals surface area contributed by atoms with Crippen LogP contribution in [0, 0.1) is 0 Å². The minimum absolute atomic E-state index is 0.0987. The number of fused-ring (bicyclic) bond motifs is 1. The number of ether oxygens (including phenoxy) is 1. The monoisotopic (exact) mass is 247 g/mol. The van der Waals surface area contributed by atoms with Crippen molar-refractivity contribution >= 4 is 5.97 Å². The third-order valence-electron chi connectivity index (χ3n) is 3.50. The number of esters is 1. The summed E-state index contributed by atoms with van der Waals surface area (Å²) < 4.78 is 4.93. The summed E-state index contributed by atoms with van der Waals surface area (Å²) in [5.74, 6) is 0.534. The van der Waals surface area contributed by atoms with Crippen LogP contribution < -0.4 is 0 Å². The normalized spacial score (nSPS) is 17.2. The van der Waals surface area contributed by atoms with Gasteiger partial charge in [-0.15, -0.1) is 0 Å². The van der Waals surface area contributed by atoms with Gasteiger partial charge in [0.2, 0.25) is 0 Å². The molecule has 1 aromatic carbocycles. The molecule has 0 saturated carbocycles.